The zero-order valence-corrected chi connectivity index (χ0v) is 11.0. The molecular weight excluding hydrogens is 242 g/mol. The van der Waals surface area contributed by atoms with Crippen molar-refractivity contribution in [3.8, 4) is 22.9 Å². The Hall–Kier alpha value is -2.14. The molecule has 3 N–H and O–H groups in total. The molecule has 1 aromatic heterocycles. The van der Waals surface area contributed by atoms with Gasteiger partial charge >= 0.3 is 0 Å². The first-order valence-electron chi connectivity index (χ1n) is 6.17. The van der Waals surface area contributed by atoms with Crippen molar-refractivity contribution < 1.29 is 10.2 Å². The molecule has 0 bridgehead atoms. The van der Waals surface area contributed by atoms with Gasteiger partial charge in [0.25, 0.3) is 0 Å². The molecule has 19 heavy (non-hydrogen) atoms. The van der Waals surface area contributed by atoms with Crippen molar-refractivity contribution in [2.24, 2.45) is 0 Å². The summed E-state index contributed by atoms with van der Waals surface area (Å²) < 4.78 is 0. The van der Waals surface area contributed by atoms with Gasteiger partial charge in [-0.25, -0.2) is 9.97 Å². The highest BCUT2D eigenvalue weighted by Crippen LogP contribution is 2.29. The molecule has 0 spiro atoms. The van der Waals surface area contributed by atoms with E-state index in [1.54, 1.807) is 6.07 Å². The Morgan fingerprint density at radius 1 is 1.11 bits per heavy atom. The zero-order chi connectivity index (χ0) is 13.8. The average molecular weight is 259 g/mol. The van der Waals surface area contributed by atoms with Crippen molar-refractivity contribution in [1.82, 2.24) is 15.3 Å². The van der Waals surface area contributed by atoms with E-state index in [1.807, 2.05) is 19.9 Å². The first-order chi connectivity index (χ1) is 9.10. The van der Waals surface area contributed by atoms with Crippen LogP contribution in [0.2, 0.25) is 0 Å². The molecule has 0 saturated heterocycles. The summed E-state index contributed by atoms with van der Waals surface area (Å²) in [5.41, 5.74) is 2.44. The summed E-state index contributed by atoms with van der Waals surface area (Å²) in [5, 5.41) is 22.0. The van der Waals surface area contributed by atoms with Crippen LogP contribution in [0.5, 0.6) is 11.5 Å². The lowest BCUT2D eigenvalue weighted by molar-refractivity contribution is 0.404. The molecule has 2 aromatic rings. The predicted octanol–water partition coefficient (Wildman–Crippen LogP) is 1.97. The van der Waals surface area contributed by atoms with Gasteiger partial charge in [0.05, 0.1) is 5.69 Å². The molecule has 0 fully saturated rings. The van der Waals surface area contributed by atoms with Crippen LogP contribution in [-0.4, -0.2) is 26.7 Å². The van der Waals surface area contributed by atoms with Crippen LogP contribution in [0.15, 0.2) is 24.3 Å². The van der Waals surface area contributed by atoms with E-state index in [0.29, 0.717) is 17.9 Å². The Labute approximate surface area is 112 Å². The van der Waals surface area contributed by atoms with Crippen LogP contribution in [0.4, 0.5) is 0 Å². The summed E-state index contributed by atoms with van der Waals surface area (Å²) in [5.74, 6) is 0.225. The zero-order valence-electron chi connectivity index (χ0n) is 11.0. The van der Waals surface area contributed by atoms with Crippen molar-refractivity contribution in [3.63, 3.8) is 0 Å². The number of hydrogen-bond donors (Lipinski definition) is 3. The largest absolute Gasteiger partial charge is 0.504 e. The van der Waals surface area contributed by atoms with Gasteiger partial charge in [-0.2, -0.15) is 0 Å². The SMILES string of the molecule is CCNCc1cc(C)nc(-c2ccc(O)c(O)c2)n1. The minimum atomic E-state index is -0.171. The molecule has 1 aromatic carbocycles. The van der Waals surface area contributed by atoms with Gasteiger partial charge in [0.2, 0.25) is 0 Å². The lowest BCUT2D eigenvalue weighted by Crippen LogP contribution is -2.13. The second-order valence-corrected chi connectivity index (χ2v) is 4.31. The lowest BCUT2D eigenvalue weighted by Gasteiger charge is -2.07. The maximum absolute atomic E-state index is 9.52. The summed E-state index contributed by atoms with van der Waals surface area (Å²) >= 11 is 0. The Morgan fingerprint density at radius 2 is 1.89 bits per heavy atom. The molecule has 0 atom stereocenters. The van der Waals surface area contributed by atoms with Crippen LogP contribution in [0.3, 0.4) is 0 Å². The van der Waals surface area contributed by atoms with Crippen LogP contribution in [0, 0.1) is 6.92 Å². The molecule has 1 heterocycles. The summed E-state index contributed by atoms with van der Waals surface area (Å²) in [6.45, 7) is 5.49. The number of nitrogens with zero attached hydrogens (tertiary/aromatic N) is 2. The van der Waals surface area contributed by atoms with Crippen molar-refractivity contribution in [3.05, 3.63) is 35.7 Å². The predicted molar refractivity (Wildman–Crippen MR) is 72.9 cm³/mol. The quantitative estimate of drug-likeness (QED) is 0.732. The highest BCUT2D eigenvalue weighted by molar-refractivity contribution is 5.60. The molecule has 0 unspecified atom stereocenters. The Balaban J connectivity index is 2.37. The van der Waals surface area contributed by atoms with Crippen molar-refractivity contribution in [2.45, 2.75) is 20.4 Å². The standard InChI is InChI=1S/C14H17N3O2/c1-3-15-8-11-6-9(2)16-14(17-11)10-4-5-12(18)13(19)7-10/h4-7,15,18-19H,3,8H2,1-2H3. The van der Waals surface area contributed by atoms with Crippen molar-refractivity contribution in [1.29, 1.82) is 0 Å². The summed E-state index contributed by atoms with van der Waals surface area (Å²) in [7, 11) is 0. The maximum atomic E-state index is 9.52. The average Bonchev–Trinajstić information content (AvgIpc) is 2.39. The molecule has 0 aliphatic rings. The van der Waals surface area contributed by atoms with Gasteiger partial charge in [-0.15, -0.1) is 0 Å². The highest BCUT2D eigenvalue weighted by atomic mass is 16.3. The second kappa shape index (κ2) is 5.67. The van der Waals surface area contributed by atoms with E-state index in [0.717, 1.165) is 17.9 Å². The molecule has 100 valence electrons. The number of nitrogens with one attached hydrogen (secondary N) is 1. The third-order valence-corrected chi connectivity index (χ3v) is 2.70. The van der Waals surface area contributed by atoms with Gasteiger partial charge in [-0.1, -0.05) is 6.92 Å². The topological polar surface area (TPSA) is 78.3 Å². The van der Waals surface area contributed by atoms with E-state index in [9.17, 15) is 10.2 Å². The highest BCUT2D eigenvalue weighted by Gasteiger charge is 2.07. The fourth-order valence-electron chi connectivity index (χ4n) is 1.77. The van der Waals surface area contributed by atoms with E-state index in [-0.39, 0.29) is 11.5 Å². The van der Waals surface area contributed by atoms with E-state index < -0.39 is 0 Å². The molecule has 0 aliphatic heterocycles. The molecule has 0 aliphatic carbocycles. The smallest absolute Gasteiger partial charge is 0.159 e. The number of aromatic hydroxyl groups is 2. The van der Waals surface area contributed by atoms with Gasteiger partial charge in [0, 0.05) is 17.8 Å². The van der Waals surface area contributed by atoms with Gasteiger partial charge in [0.15, 0.2) is 17.3 Å². The van der Waals surface area contributed by atoms with Crippen LogP contribution in [0.25, 0.3) is 11.4 Å². The third kappa shape index (κ3) is 3.20. The molecule has 5 heteroatoms. The molecule has 0 amide bonds. The van der Waals surface area contributed by atoms with Crippen molar-refractivity contribution in [2.75, 3.05) is 6.54 Å². The first kappa shape index (κ1) is 13.3. The van der Waals surface area contributed by atoms with Crippen LogP contribution >= 0.6 is 0 Å². The number of phenolic OH excluding ortho intramolecular Hbond substituents is 2. The number of phenols is 2. The number of benzene rings is 1. The number of aromatic nitrogens is 2. The number of rotatable bonds is 4. The maximum Gasteiger partial charge on any atom is 0.159 e. The number of aryl methyl sites for hydroxylation is 1. The molecule has 0 saturated carbocycles. The Bertz CT molecular complexity index is 585. The Morgan fingerprint density at radius 3 is 2.58 bits per heavy atom. The van der Waals surface area contributed by atoms with E-state index in [1.165, 1.54) is 12.1 Å². The summed E-state index contributed by atoms with van der Waals surface area (Å²) in [6.07, 6.45) is 0. The van der Waals surface area contributed by atoms with Gasteiger partial charge in [-0.05, 0) is 37.7 Å². The molecule has 0 radical (unpaired) electrons. The summed E-state index contributed by atoms with van der Waals surface area (Å²) in [4.78, 5) is 8.80. The Kier molecular flexibility index (Phi) is 3.97. The third-order valence-electron chi connectivity index (χ3n) is 2.70. The van der Waals surface area contributed by atoms with Gasteiger partial charge in [0.1, 0.15) is 0 Å². The molecular formula is C14H17N3O2. The molecule has 5 nitrogen and oxygen atoms in total. The second-order valence-electron chi connectivity index (χ2n) is 4.31. The van der Waals surface area contributed by atoms with Crippen molar-refractivity contribution >= 4 is 0 Å². The minimum absolute atomic E-state index is 0.149. The fourth-order valence-corrected chi connectivity index (χ4v) is 1.77. The van der Waals surface area contributed by atoms with E-state index >= 15 is 0 Å². The van der Waals surface area contributed by atoms with Gasteiger partial charge in [-0.3, -0.25) is 0 Å². The van der Waals surface area contributed by atoms with Gasteiger partial charge < -0.3 is 15.5 Å². The lowest BCUT2D eigenvalue weighted by atomic mass is 10.2. The fraction of sp³-hybridized carbons (Fsp3) is 0.286. The number of hydrogen-bond acceptors (Lipinski definition) is 5. The monoisotopic (exact) mass is 259 g/mol. The van der Waals surface area contributed by atoms with Crippen LogP contribution in [-0.2, 0) is 6.54 Å². The van der Waals surface area contributed by atoms with E-state index in [2.05, 4.69) is 15.3 Å². The summed E-state index contributed by atoms with van der Waals surface area (Å²) in [6, 6.07) is 6.49. The minimum Gasteiger partial charge on any atom is -0.504 e. The molecule has 2 rings (SSSR count). The normalized spacial score (nSPS) is 10.6. The van der Waals surface area contributed by atoms with E-state index in [4.69, 9.17) is 0 Å². The van der Waals surface area contributed by atoms with Crippen LogP contribution < -0.4 is 5.32 Å². The first-order valence-corrected chi connectivity index (χ1v) is 6.17. The van der Waals surface area contributed by atoms with Crippen LogP contribution in [0.1, 0.15) is 18.3 Å².